The molecule has 21 heteroatoms. The quantitative estimate of drug-likeness (QED) is 0.0157. The second kappa shape index (κ2) is 48.4. The van der Waals surface area contributed by atoms with Crippen molar-refractivity contribution in [1.29, 1.82) is 0 Å². The van der Waals surface area contributed by atoms with Crippen LogP contribution in [0.3, 0.4) is 0 Å². The summed E-state index contributed by atoms with van der Waals surface area (Å²) in [6.07, 6.45) is 5.24. The molecular weight excluding hydrogens is 781 g/mol. The smallest absolute Gasteiger partial charge is 0.240 e. The van der Waals surface area contributed by atoms with E-state index in [4.69, 9.17) is 40.5 Å². The van der Waals surface area contributed by atoms with Gasteiger partial charge in [0.2, 0.25) is 22.3 Å². The number of Topliss-reactive ketones (excluding diaryl/α,β-unsaturated/α-hetero) is 2. The largest absolute Gasteiger partial charge is 0.313 e. The standard InChI is InChI=1S/C13H23N3O2.C8H18N4O2.C6H8Cl2O2.2C4H10N2.CH6N2/c1-10(2)14-9-12(17)7-5-6-8-13(18)16-15-11(3)4;1-12(11)7(14)5-3-2-4-6(13)8(9)10;7-5(9)3-1-2-4-6(8)10;2*1-4(2)6-5-3;1-3-2/h5-9H2,1-4H3,(H,16,18);8H,2-5,9-11H2,1H3;1-4H2;2*5H,1-3H3;3H,2H2,1H3. The van der Waals surface area contributed by atoms with Gasteiger partial charge in [-0.2, -0.15) is 15.3 Å². The first-order valence-corrected chi connectivity index (χ1v) is 19.1. The van der Waals surface area contributed by atoms with Crippen LogP contribution in [0.5, 0.6) is 0 Å². The van der Waals surface area contributed by atoms with Crippen molar-refractivity contribution in [2.45, 2.75) is 139 Å². The number of hydrazine groups is 2. The monoisotopic (exact) mass is 856 g/mol. The number of rotatable bonds is 21. The first kappa shape index (κ1) is 65.1. The number of nitrogens with zero attached hydrogens (tertiary/aromatic N) is 5. The molecule has 0 bridgehead atoms. The van der Waals surface area contributed by atoms with Gasteiger partial charge in [-0.15, -0.1) is 0 Å². The number of unbranched alkanes of at least 4 members (excludes halogenated alkanes) is 3. The fourth-order valence-corrected chi connectivity index (χ4v) is 3.32. The van der Waals surface area contributed by atoms with Crippen LogP contribution in [-0.4, -0.2) is 103 Å². The third-order valence-corrected chi connectivity index (χ3v) is 5.96. The van der Waals surface area contributed by atoms with E-state index in [9.17, 15) is 28.8 Å². The first-order valence-electron chi connectivity index (χ1n) is 18.4. The zero-order valence-electron chi connectivity index (χ0n) is 36.5. The fraction of sp³-hybridized carbons (Fsp3) is 0.722. The molecule has 19 nitrogen and oxygen atoms in total. The van der Waals surface area contributed by atoms with Crippen molar-refractivity contribution in [2.24, 2.45) is 43.4 Å². The topological polar surface area (TPSA) is 307 Å². The third kappa shape index (κ3) is 77.6. The number of aliphatic imine (C=N–C) groups is 1. The maximum atomic E-state index is 11.4. The second-order valence-corrected chi connectivity index (χ2v) is 13.4. The lowest BCUT2D eigenvalue weighted by Gasteiger charge is -2.09. The number of hydrazone groups is 3. The van der Waals surface area contributed by atoms with E-state index in [2.05, 4.69) is 47.8 Å². The summed E-state index contributed by atoms with van der Waals surface area (Å²) >= 11 is 10.1. The van der Waals surface area contributed by atoms with Gasteiger partial charge >= 0.3 is 0 Å². The Morgan fingerprint density at radius 1 is 0.596 bits per heavy atom. The van der Waals surface area contributed by atoms with Gasteiger partial charge in [-0.25, -0.2) is 11.3 Å². The molecule has 0 aromatic rings. The minimum absolute atomic E-state index is 0.105. The Balaban J connectivity index is -0.000000148. The van der Waals surface area contributed by atoms with Crippen LogP contribution >= 0.6 is 23.2 Å². The number of carbonyl (C=O) groups is 6. The minimum atomic E-state index is -0.900. The molecule has 0 aliphatic rings. The van der Waals surface area contributed by atoms with Crippen LogP contribution < -0.4 is 44.9 Å². The summed E-state index contributed by atoms with van der Waals surface area (Å²) in [5, 5.41) is 11.7. The van der Waals surface area contributed by atoms with Crippen molar-refractivity contribution in [2.75, 3.05) is 34.7 Å². The van der Waals surface area contributed by atoms with E-state index in [1.54, 1.807) is 21.1 Å². The Morgan fingerprint density at radius 2 is 0.965 bits per heavy atom. The molecule has 0 fully saturated rings. The maximum absolute atomic E-state index is 11.4. The van der Waals surface area contributed by atoms with Crippen LogP contribution in [-0.2, 0) is 28.8 Å². The van der Waals surface area contributed by atoms with Crippen molar-refractivity contribution in [3.63, 3.8) is 0 Å². The number of carbonyl (C=O) groups excluding carboxylic acids is 6. The molecule has 0 unspecified atom stereocenters. The number of amides is 2. The highest BCUT2D eigenvalue weighted by molar-refractivity contribution is 6.63. The van der Waals surface area contributed by atoms with Gasteiger partial charge in [-0.05, 0) is 124 Å². The van der Waals surface area contributed by atoms with E-state index in [0.29, 0.717) is 70.6 Å². The third-order valence-electron chi connectivity index (χ3n) is 5.58. The van der Waals surface area contributed by atoms with Gasteiger partial charge in [0, 0.05) is 82.5 Å². The highest BCUT2D eigenvalue weighted by Gasteiger charge is 2.09. The van der Waals surface area contributed by atoms with Crippen molar-refractivity contribution in [3.8, 4) is 0 Å². The summed E-state index contributed by atoms with van der Waals surface area (Å²) in [4.78, 5) is 68.9. The Labute approximate surface area is 351 Å². The predicted octanol–water partition coefficient (Wildman–Crippen LogP) is 3.16. The van der Waals surface area contributed by atoms with Crippen LogP contribution in [0.1, 0.15) is 132 Å². The molecule has 0 heterocycles. The molecule has 0 rings (SSSR count). The highest BCUT2D eigenvalue weighted by atomic mass is 35.5. The number of halogens is 2. The summed E-state index contributed by atoms with van der Waals surface area (Å²) < 4.78 is 0. The van der Waals surface area contributed by atoms with Gasteiger partial charge in [-0.1, -0.05) is 0 Å². The minimum Gasteiger partial charge on any atom is -0.313 e. The van der Waals surface area contributed by atoms with Crippen LogP contribution in [0.2, 0.25) is 0 Å². The van der Waals surface area contributed by atoms with Gasteiger partial charge < -0.3 is 22.3 Å². The second-order valence-electron chi connectivity index (χ2n) is 12.6. The molecule has 0 aromatic heterocycles. The van der Waals surface area contributed by atoms with Crippen LogP contribution in [0.15, 0.2) is 20.3 Å². The van der Waals surface area contributed by atoms with Crippen LogP contribution in [0.4, 0.5) is 0 Å². The zero-order valence-corrected chi connectivity index (χ0v) is 38.0. The molecule has 0 spiro atoms. The average Bonchev–Trinajstić information content (AvgIpc) is 3.09. The lowest BCUT2D eigenvalue weighted by Crippen LogP contribution is -2.39. The van der Waals surface area contributed by atoms with Gasteiger partial charge in [0.25, 0.3) is 0 Å². The molecule has 0 aromatic carbocycles. The summed E-state index contributed by atoms with van der Waals surface area (Å²) in [6, 6.07) is 0. The Morgan fingerprint density at radius 3 is 1.28 bits per heavy atom. The van der Waals surface area contributed by atoms with E-state index in [0.717, 1.165) is 34.3 Å². The predicted molar refractivity (Wildman–Crippen MR) is 236 cm³/mol. The van der Waals surface area contributed by atoms with Crippen molar-refractivity contribution in [1.82, 2.24) is 26.7 Å². The molecule has 0 aliphatic heterocycles. The lowest BCUT2D eigenvalue weighted by molar-refractivity contribution is -0.130. The number of hydrogen-bond acceptors (Lipinski definition) is 17. The molecule has 57 heavy (non-hydrogen) atoms. The number of hydrogen-bond donors (Lipinski definition) is 8. The van der Waals surface area contributed by atoms with E-state index in [-0.39, 0.29) is 40.4 Å². The van der Waals surface area contributed by atoms with E-state index in [1.807, 2.05) is 55.4 Å². The maximum Gasteiger partial charge on any atom is 0.240 e. The van der Waals surface area contributed by atoms with Crippen molar-refractivity contribution < 1.29 is 28.8 Å². The average molecular weight is 857 g/mol. The van der Waals surface area contributed by atoms with Gasteiger partial charge in [0.1, 0.15) is 6.17 Å². The van der Waals surface area contributed by atoms with Crippen LogP contribution in [0.25, 0.3) is 0 Å². The van der Waals surface area contributed by atoms with E-state index in [1.165, 1.54) is 7.05 Å². The normalized spacial score (nSPS) is 9.04. The van der Waals surface area contributed by atoms with Crippen LogP contribution in [0, 0.1) is 0 Å². The summed E-state index contributed by atoms with van der Waals surface area (Å²) in [6.45, 7) is 15.4. The number of nitrogens with one attached hydrogen (secondary N) is 4. The van der Waals surface area contributed by atoms with Gasteiger partial charge in [0.15, 0.2) is 11.6 Å². The SMILES string of the molecule is CC(C)=NCC(=O)CCCCC(=O)NN=C(C)C.CN(N)C(=O)CCCCC(=O)C(N)N.CNN.CNN=C(C)C.CNN=C(C)C.O=C(Cl)CCCCC(=O)Cl. The molecule has 0 aliphatic carbocycles. The molecule has 334 valence electrons. The fourth-order valence-electron chi connectivity index (χ4n) is 3.06. The molecular formula is C36H75Cl2N13O6. The molecule has 0 saturated heterocycles. The Bertz CT molecular complexity index is 1110. The molecule has 12 N–H and O–H groups in total. The lowest BCUT2D eigenvalue weighted by atomic mass is 10.1. The molecule has 2 amide bonds. The summed E-state index contributed by atoms with van der Waals surface area (Å²) in [7, 11) is 6.71. The Kier molecular flexibility index (Phi) is 55.3. The van der Waals surface area contributed by atoms with E-state index < -0.39 is 6.17 Å². The summed E-state index contributed by atoms with van der Waals surface area (Å²) in [5.74, 6) is 9.49. The van der Waals surface area contributed by atoms with E-state index >= 15 is 0 Å². The zero-order chi connectivity index (χ0) is 45.8. The van der Waals surface area contributed by atoms with Gasteiger partial charge in [-0.3, -0.25) is 50.0 Å². The Hall–Kier alpha value is -3.72. The molecule has 0 radical (unpaired) electrons. The molecule has 0 atom stereocenters. The van der Waals surface area contributed by atoms with Gasteiger partial charge in [0.05, 0.1) is 6.54 Å². The number of ketones is 2. The highest BCUT2D eigenvalue weighted by Crippen LogP contribution is 2.04. The van der Waals surface area contributed by atoms with Crippen molar-refractivity contribution >= 4 is 79.9 Å². The molecule has 0 saturated carbocycles. The van der Waals surface area contributed by atoms with Crippen molar-refractivity contribution in [3.05, 3.63) is 0 Å². The summed E-state index contributed by atoms with van der Waals surface area (Å²) in [5.41, 5.74) is 24.2. The first-order chi connectivity index (χ1) is 26.4. The number of nitrogens with two attached hydrogens (primary N) is 4.